The maximum absolute atomic E-state index is 13.0. The zero-order chi connectivity index (χ0) is 15.9. The van der Waals surface area contributed by atoms with Crippen LogP contribution in [0.2, 0.25) is 0 Å². The Hall–Kier alpha value is -2.56. The van der Waals surface area contributed by atoms with Gasteiger partial charge in [-0.15, -0.1) is 0 Å². The molecule has 0 unspecified atom stereocenters. The molecule has 0 amide bonds. The normalized spacial score (nSPS) is 11.3. The standard InChI is InChI=1S/C17H20FN3O/c1-12-6-7-15(10-13(12)2)21-17(19)20-8-9-22-16-5-3-4-14(18)11-16/h3-7,10-11H,8-9H2,1-2H3,(H3,19,20,21). The first-order valence-electron chi connectivity index (χ1n) is 7.07. The lowest BCUT2D eigenvalue weighted by atomic mass is 10.1. The van der Waals surface area contributed by atoms with Crippen LogP contribution >= 0.6 is 0 Å². The number of anilines is 1. The molecule has 0 atom stereocenters. The molecule has 0 saturated heterocycles. The molecule has 0 spiro atoms. The molecule has 0 fully saturated rings. The van der Waals surface area contributed by atoms with Gasteiger partial charge in [0.2, 0.25) is 0 Å². The monoisotopic (exact) mass is 301 g/mol. The maximum Gasteiger partial charge on any atom is 0.193 e. The first kappa shape index (κ1) is 15.8. The molecule has 0 aliphatic carbocycles. The van der Waals surface area contributed by atoms with Crippen LogP contribution < -0.4 is 15.8 Å². The van der Waals surface area contributed by atoms with E-state index in [1.165, 1.54) is 23.3 Å². The van der Waals surface area contributed by atoms with Crippen molar-refractivity contribution in [3.05, 3.63) is 59.4 Å². The molecular weight excluding hydrogens is 281 g/mol. The Kier molecular flexibility index (Phi) is 5.36. The molecule has 0 heterocycles. The van der Waals surface area contributed by atoms with Gasteiger partial charge in [-0.3, -0.25) is 0 Å². The molecule has 2 rings (SSSR count). The van der Waals surface area contributed by atoms with Crippen LogP contribution in [0, 0.1) is 19.7 Å². The predicted octanol–water partition coefficient (Wildman–Crippen LogP) is 3.25. The van der Waals surface area contributed by atoms with Gasteiger partial charge in [-0.25, -0.2) is 9.38 Å². The van der Waals surface area contributed by atoms with Crippen molar-refractivity contribution in [3.8, 4) is 5.75 Å². The number of nitrogens with two attached hydrogens (primary N) is 1. The Labute approximate surface area is 129 Å². The molecule has 0 bridgehead atoms. The van der Waals surface area contributed by atoms with E-state index in [-0.39, 0.29) is 5.82 Å². The second-order valence-corrected chi connectivity index (χ2v) is 5.00. The highest BCUT2D eigenvalue weighted by Gasteiger charge is 1.99. The molecule has 116 valence electrons. The van der Waals surface area contributed by atoms with Crippen molar-refractivity contribution >= 4 is 11.6 Å². The van der Waals surface area contributed by atoms with Crippen molar-refractivity contribution in [2.45, 2.75) is 13.8 Å². The number of guanidine groups is 1. The molecule has 22 heavy (non-hydrogen) atoms. The first-order chi connectivity index (χ1) is 10.5. The lowest BCUT2D eigenvalue weighted by Crippen LogP contribution is -2.23. The summed E-state index contributed by atoms with van der Waals surface area (Å²) < 4.78 is 18.4. The van der Waals surface area contributed by atoms with Crippen molar-refractivity contribution in [1.29, 1.82) is 0 Å². The fourth-order valence-electron chi connectivity index (χ4n) is 1.89. The first-order valence-corrected chi connectivity index (χ1v) is 7.07. The fraction of sp³-hybridized carbons (Fsp3) is 0.235. The third-order valence-corrected chi connectivity index (χ3v) is 3.22. The fourth-order valence-corrected chi connectivity index (χ4v) is 1.89. The summed E-state index contributed by atoms with van der Waals surface area (Å²) in [7, 11) is 0. The van der Waals surface area contributed by atoms with Crippen LogP contribution in [0.25, 0.3) is 0 Å². The zero-order valence-corrected chi connectivity index (χ0v) is 12.8. The van der Waals surface area contributed by atoms with E-state index in [0.29, 0.717) is 24.9 Å². The molecule has 4 nitrogen and oxygen atoms in total. The number of halogens is 1. The highest BCUT2D eigenvalue weighted by molar-refractivity contribution is 5.92. The number of benzene rings is 2. The average Bonchev–Trinajstić information content (AvgIpc) is 2.48. The van der Waals surface area contributed by atoms with Gasteiger partial charge < -0.3 is 15.8 Å². The minimum Gasteiger partial charge on any atom is -0.492 e. The SMILES string of the molecule is Cc1ccc(NC(N)=NCCOc2cccc(F)c2)cc1C. The van der Waals surface area contributed by atoms with Crippen molar-refractivity contribution in [2.75, 3.05) is 18.5 Å². The molecule has 0 saturated carbocycles. The van der Waals surface area contributed by atoms with Gasteiger partial charge in [-0.05, 0) is 49.2 Å². The van der Waals surface area contributed by atoms with Crippen LogP contribution in [-0.4, -0.2) is 19.1 Å². The predicted molar refractivity (Wildman–Crippen MR) is 87.9 cm³/mol. The van der Waals surface area contributed by atoms with E-state index in [9.17, 15) is 4.39 Å². The number of nitrogens with one attached hydrogen (secondary N) is 1. The smallest absolute Gasteiger partial charge is 0.193 e. The molecular formula is C17H20FN3O. The summed E-state index contributed by atoms with van der Waals surface area (Å²) in [5.41, 5.74) is 9.13. The molecule has 2 aromatic rings. The number of hydrogen-bond donors (Lipinski definition) is 2. The Morgan fingerprint density at radius 1 is 1.18 bits per heavy atom. The Bertz CT molecular complexity index is 671. The van der Waals surface area contributed by atoms with Crippen molar-refractivity contribution in [2.24, 2.45) is 10.7 Å². The van der Waals surface area contributed by atoms with Crippen molar-refractivity contribution < 1.29 is 9.13 Å². The number of rotatable bonds is 5. The summed E-state index contributed by atoms with van der Waals surface area (Å²) in [5.74, 6) is 0.485. The summed E-state index contributed by atoms with van der Waals surface area (Å²) in [6.07, 6.45) is 0. The van der Waals surface area contributed by atoms with Gasteiger partial charge in [0, 0.05) is 11.8 Å². The quantitative estimate of drug-likeness (QED) is 0.506. The maximum atomic E-state index is 13.0. The number of ether oxygens (including phenoxy) is 1. The van der Waals surface area contributed by atoms with Crippen LogP contribution in [0.4, 0.5) is 10.1 Å². The third-order valence-electron chi connectivity index (χ3n) is 3.22. The Morgan fingerprint density at radius 3 is 2.73 bits per heavy atom. The summed E-state index contributed by atoms with van der Waals surface area (Å²) in [4.78, 5) is 4.17. The second-order valence-electron chi connectivity index (χ2n) is 5.00. The van der Waals surface area contributed by atoms with Crippen LogP contribution in [0.1, 0.15) is 11.1 Å². The van der Waals surface area contributed by atoms with Gasteiger partial charge in [0.25, 0.3) is 0 Å². The molecule has 5 heteroatoms. The summed E-state index contributed by atoms with van der Waals surface area (Å²) in [6, 6.07) is 12.0. The van der Waals surface area contributed by atoms with E-state index < -0.39 is 0 Å². The largest absolute Gasteiger partial charge is 0.492 e. The summed E-state index contributed by atoms with van der Waals surface area (Å²) >= 11 is 0. The van der Waals surface area contributed by atoms with E-state index in [0.717, 1.165) is 5.69 Å². The van der Waals surface area contributed by atoms with Gasteiger partial charge in [0.05, 0.1) is 6.54 Å². The van der Waals surface area contributed by atoms with Crippen LogP contribution in [0.15, 0.2) is 47.5 Å². The van der Waals surface area contributed by atoms with Crippen LogP contribution in [0.3, 0.4) is 0 Å². The average molecular weight is 301 g/mol. The topological polar surface area (TPSA) is 59.6 Å². The third kappa shape index (κ3) is 4.77. The van der Waals surface area contributed by atoms with E-state index in [1.54, 1.807) is 12.1 Å². The lowest BCUT2D eigenvalue weighted by Gasteiger charge is -2.08. The van der Waals surface area contributed by atoms with Crippen LogP contribution in [-0.2, 0) is 0 Å². The molecule has 3 N–H and O–H groups in total. The van der Waals surface area contributed by atoms with E-state index in [2.05, 4.69) is 17.2 Å². The summed E-state index contributed by atoms with van der Waals surface area (Å²) in [5, 5.41) is 3.03. The van der Waals surface area contributed by atoms with E-state index >= 15 is 0 Å². The minimum absolute atomic E-state index is 0.322. The van der Waals surface area contributed by atoms with Crippen LogP contribution in [0.5, 0.6) is 5.75 Å². The van der Waals surface area contributed by atoms with E-state index in [4.69, 9.17) is 10.5 Å². The number of nitrogens with zero attached hydrogens (tertiary/aromatic N) is 1. The minimum atomic E-state index is -0.322. The van der Waals surface area contributed by atoms with Crippen molar-refractivity contribution in [3.63, 3.8) is 0 Å². The Morgan fingerprint density at radius 2 is 2.00 bits per heavy atom. The molecule has 0 aromatic heterocycles. The molecule has 0 radical (unpaired) electrons. The van der Waals surface area contributed by atoms with Gasteiger partial charge >= 0.3 is 0 Å². The van der Waals surface area contributed by atoms with Gasteiger partial charge in [0.1, 0.15) is 18.2 Å². The molecule has 0 aliphatic rings. The van der Waals surface area contributed by atoms with Crippen molar-refractivity contribution in [1.82, 2.24) is 0 Å². The number of aliphatic imine (C=N–C) groups is 1. The molecule has 0 aliphatic heterocycles. The summed E-state index contributed by atoms with van der Waals surface area (Å²) in [6.45, 7) is 4.82. The van der Waals surface area contributed by atoms with Gasteiger partial charge in [-0.1, -0.05) is 12.1 Å². The highest BCUT2D eigenvalue weighted by Crippen LogP contribution is 2.14. The van der Waals surface area contributed by atoms with E-state index in [1.807, 2.05) is 25.1 Å². The second kappa shape index (κ2) is 7.45. The number of aryl methyl sites for hydroxylation is 2. The highest BCUT2D eigenvalue weighted by atomic mass is 19.1. The zero-order valence-electron chi connectivity index (χ0n) is 12.8. The lowest BCUT2D eigenvalue weighted by molar-refractivity contribution is 0.327. The number of hydrogen-bond acceptors (Lipinski definition) is 2. The van der Waals surface area contributed by atoms with Gasteiger partial charge in [0.15, 0.2) is 5.96 Å². The van der Waals surface area contributed by atoms with Gasteiger partial charge in [-0.2, -0.15) is 0 Å². The molecule has 2 aromatic carbocycles. The Balaban J connectivity index is 1.81.